The average molecular weight is 335 g/mol. The van der Waals surface area contributed by atoms with Crippen molar-refractivity contribution in [2.24, 2.45) is 0 Å². The summed E-state index contributed by atoms with van der Waals surface area (Å²) in [6.45, 7) is 7.91. The van der Waals surface area contributed by atoms with Crippen LogP contribution in [0.5, 0.6) is 0 Å². The highest BCUT2D eigenvalue weighted by Crippen LogP contribution is 2.35. The lowest BCUT2D eigenvalue weighted by atomic mass is 10.1. The lowest BCUT2D eigenvalue weighted by molar-refractivity contribution is 0.0520. The van der Waals surface area contributed by atoms with E-state index < -0.39 is 0 Å². The third-order valence-corrected chi connectivity index (χ3v) is 5.14. The predicted octanol–water partition coefficient (Wildman–Crippen LogP) is 3.26. The zero-order valence-corrected chi connectivity index (χ0v) is 14.5. The minimum atomic E-state index is -0.342. The fourth-order valence-electron chi connectivity index (χ4n) is 2.97. The van der Waals surface area contributed by atoms with Crippen LogP contribution >= 0.6 is 11.3 Å². The number of likely N-dealkylation sites (tertiary alicyclic amines) is 1. The van der Waals surface area contributed by atoms with Crippen LogP contribution in [0.1, 0.15) is 58.3 Å². The second-order valence-electron chi connectivity index (χ2n) is 5.72. The van der Waals surface area contributed by atoms with Crippen LogP contribution in [0.2, 0.25) is 0 Å². The van der Waals surface area contributed by atoms with E-state index in [1.54, 1.807) is 12.3 Å². The number of esters is 1. The number of hydrogen-bond acceptors (Lipinski definition) is 7. The van der Waals surface area contributed by atoms with Gasteiger partial charge in [0, 0.05) is 17.5 Å². The Balaban J connectivity index is 1.75. The van der Waals surface area contributed by atoms with E-state index in [9.17, 15) is 4.79 Å². The molecular formula is C16H21N3O3S. The molecule has 0 N–H and O–H groups in total. The molecule has 2 aromatic heterocycles. The molecule has 0 bridgehead atoms. The summed E-state index contributed by atoms with van der Waals surface area (Å²) >= 11 is 1.53. The number of carbonyl (C=O) groups excluding carboxylic acids is 1. The maximum absolute atomic E-state index is 11.8. The van der Waals surface area contributed by atoms with Crippen molar-refractivity contribution in [1.29, 1.82) is 0 Å². The van der Waals surface area contributed by atoms with Crippen LogP contribution in [0, 0.1) is 13.8 Å². The van der Waals surface area contributed by atoms with Crippen molar-refractivity contribution in [3.8, 4) is 0 Å². The van der Waals surface area contributed by atoms with Crippen LogP contribution in [0.25, 0.3) is 0 Å². The monoisotopic (exact) mass is 335 g/mol. The predicted molar refractivity (Wildman–Crippen MR) is 86.4 cm³/mol. The van der Waals surface area contributed by atoms with Crippen molar-refractivity contribution < 1.29 is 14.1 Å². The summed E-state index contributed by atoms with van der Waals surface area (Å²) in [5.74, 6) is 0.532. The second-order valence-corrected chi connectivity index (χ2v) is 6.61. The van der Waals surface area contributed by atoms with E-state index >= 15 is 0 Å². The molecule has 6 nitrogen and oxygen atoms in total. The van der Waals surface area contributed by atoms with Gasteiger partial charge in [-0.2, -0.15) is 0 Å². The molecule has 3 heterocycles. The summed E-state index contributed by atoms with van der Waals surface area (Å²) < 4.78 is 10.3. The number of carbonyl (C=O) groups is 1. The van der Waals surface area contributed by atoms with Gasteiger partial charge in [-0.25, -0.2) is 9.78 Å². The van der Waals surface area contributed by atoms with E-state index in [2.05, 4.69) is 15.0 Å². The topological polar surface area (TPSA) is 68.5 Å². The van der Waals surface area contributed by atoms with Gasteiger partial charge in [-0.15, -0.1) is 11.3 Å². The highest BCUT2D eigenvalue weighted by molar-refractivity contribution is 7.09. The summed E-state index contributed by atoms with van der Waals surface area (Å²) in [6.07, 6.45) is 2.18. The van der Waals surface area contributed by atoms with Crippen molar-refractivity contribution in [3.05, 3.63) is 33.1 Å². The van der Waals surface area contributed by atoms with Gasteiger partial charge in [-0.1, -0.05) is 5.16 Å². The van der Waals surface area contributed by atoms with E-state index in [1.807, 2.05) is 13.8 Å². The van der Waals surface area contributed by atoms with E-state index in [0.717, 1.165) is 48.0 Å². The molecule has 1 fully saturated rings. The molecule has 0 unspecified atom stereocenters. The van der Waals surface area contributed by atoms with Crippen molar-refractivity contribution in [1.82, 2.24) is 15.0 Å². The minimum absolute atomic E-state index is 0.247. The Morgan fingerprint density at radius 3 is 3.04 bits per heavy atom. The summed E-state index contributed by atoms with van der Waals surface area (Å²) in [7, 11) is 0. The van der Waals surface area contributed by atoms with E-state index in [1.165, 1.54) is 11.3 Å². The molecule has 1 atom stereocenters. The van der Waals surface area contributed by atoms with Gasteiger partial charge in [0.25, 0.3) is 0 Å². The average Bonchev–Trinajstić information content (AvgIpc) is 3.23. The first-order chi connectivity index (χ1) is 11.1. The number of hydrogen-bond donors (Lipinski definition) is 0. The van der Waals surface area contributed by atoms with E-state index in [4.69, 9.17) is 9.26 Å². The molecule has 3 rings (SSSR count). The SMILES string of the molecule is CCOC(=O)c1csc([C@H]2CCCN2Cc2c(C)noc2C)n1. The molecule has 0 radical (unpaired) electrons. The van der Waals surface area contributed by atoms with Gasteiger partial charge < -0.3 is 9.26 Å². The molecule has 1 aliphatic heterocycles. The lowest BCUT2D eigenvalue weighted by Gasteiger charge is -2.22. The van der Waals surface area contributed by atoms with Crippen LogP contribution < -0.4 is 0 Å². The maximum Gasteiger partial charge on any atom is 0.357 e. The zero-order chi connectivity index (χ0) is 16.4. The number of thiazole rings is 1. The smallest absolute Gasteiger partial charge is 0.357 e. The summed E-state index contributed by atoms with van der Waals surface area (Å²) in [5, 5.41) is 6.80. The van der Waals surface area contributed by atoms with Crippen LogP contribution in [0.15, 0.2) is 9.90 Å². The molecule has 124 valence electrons. The first kappa shape index (κ1) is 16.1. The van der Waals surface area contributed by atoms with Gasteiger partial charge in [0.2, 0.25) is 0 Å². The fourth-order valence-corrected chi connectivity index (χ4v) is 3.92. The van der Waals surface area contributed by atoms with Crippen LogP contribution in [0.3, 0.4) is 0 Å². The van der Waals surface area contributed by atoms with Gasteiger partial charge in [-0.3, -0.25) is 4.90 Å². The van der Waals surface area contributed by atoms with Crippen LogP contribution in [-0.4, -0.2) is 34.2 Å². The van der Waals surface area contributed by atoms with Crippen molar-refractivity contribution in [3.63, 3.8) is 0 Å². The maximum atomic E-state index is 11.8. The molecule has 0 aliphatic carbocycles. The molecule has 2 aromatic rings. The van der Waals surface area contributed by atoms with Gasteiger partial charge in [0.05, 0.1) is 18.3 Å². The second kappa shape index (κ2) is 6.80. The number of rotatable bonds is 5. The minimum Gasteiger partial charge on any atom is -0.461 e. The van der Waals surface area contributed by atoms with E-state index in [-0.39, 0.29) is 12.0 Å². The number of aromatic nitrogens is 2. The highest BCUT2D eigenvalue weighted by atomic mass is 32.1. The molecular weight excluding hydrogens is 314 g/mol. The molecule has 7 heteroatoms. The first-order valence-corrected chi connectivity index (χ1v) is 8.76. The molecule has 1 aliphatic rings. The molecule has 0 spiro atoms. The molecule has 0 aromatic carbocycles. The number of nitrogens with zero attached hydrogens (tertiary/aromatic N) is 3. The van der Waals surface area contributed by atoms with Gasteiger partial charge >= 0.3 is 5.97 Å². The largest absolute Gasteiger partial charge is 0.461 e. The van der Waals surface area contributed by atoms with Crippen molar-refractivity contribution >= 4 is 17.3 Å². The molecule has 23 heavy (non-hydrogen) atoms. The Labute approximate surface area is 139 Å². The normalized spacial score (nSPS) is 18.5. The molecule has 0 amide bonds. The third kappa shape index (κ3) is 3.30. The van der Waals surface area contributed by atoms with Crippen molar-refractivity contribution in [2.45, 2.75) is 46.2 Å². The van der Waals surface area contributed by atoms with Crippen LogP contribution in [-0.2, 0) is 11.3 Å². The van der Waals surface area contributed by atoms with E-state index in [0.29, 0.717) is 12.3 Å². The summed E-state index contributed by atoms with van der Waals surface area (Å²) in [5.41, 5.74) is 2.51. The van der Waals surface area contributed by atoms with Crippen LogP contribution in [0.4, 0.5) is 0 Å². The van der Waals surface area contributed by atoms with Gasteiger partial charge in [0.1, 0.15) is 10.8 Å². The number of ether oxygens (including phenoxy) is 1. The van der Waals surface area contributed by atoms with Gasteiger partial charge in [0.15, 0.2) is 5.69 Å². The highest BCUT2D eigenvalue weighted by Gasteiger charge is 2.30. The third-order valence-electron chi connectivity index (χ3n) is 4.20. The molecule has 0 saturated carbocycles. The fraction of sp³-hybridized carbons (Fsp3) is 0.562. The Kier molecular flexibility index (Phi) is 4.77. The Bertz CT molecular complexity index is 675. The van der Waals surface area contributed by atoms with Gasteiger partial charge in [-0.05, 0) is 40.2 Å². The van der Waals surface area contributed by atoms with Crippen molar-refractivity contribution in [2.75, 3.05) is 13.2 Å². The zero-order valence-electron chi connectivity index (χ0n) is 13.7. The quantitative estimate of drug-likeness (QED) is 0.781. The Hall–Kier alpha value is -1.73. The Morgan fingerprint density at radius 2 is 2.35 bits per heavy atom. The summed E-state index contributed by atoms with van der Waals surface area (Å²) in [4.78, 5) is 18.7. The number of aryl methyl sites for hydroxylation is 2. The lowest BCUT2D eigenvalue weighted by Crippen LogP contribution is -2.23. The first-order valence-electron chi connectivity index (χ1n) is 7.88. The molecule has 1 saturated heterocycles. The Morgan fingerprint density at radius 1 is 1.52 bits per heavy atom. The standard InChI is InChI=1S/C16H21N3O3S/c1-4-21-16(20)13-9-23-15(17-13)14-6-5-7-19(14)8-12-10(2)18-22-11(12)3/h9,14H,4-8H2,1-3H3/t14-/m1/s1. The summed E-state index contributed by atoms with van der Waals surface area (Å²) in [6, 6.07) is 0.247.